The molecular formula is C22H36NO2P. The van der Waals surface area contributed by atoms with Crippen LogP contribution in [-0.2, 0) is 4.74 Å². The fourth-order valence-electron chi connectivity index (χ4n) is 3.58. The number of rotatable bonds is 11. The van der Waals surface area contributed by atoms with Crippen LogP contribution in [0.1, 0.15) is 57.9 Å². The van der Waals surface area contributed by atoms with Crippen molar-refractivity contribution in [3.05, 3.63) is 29.8 Å². The topological polar surface area (TPSA) is 30.8 Å². The number of hydrogen-bond donors (Lipinski definition) is 0. The number of aliphatic imine (C=N–C) groups is 1. The molecule has 0 N–H and O–H groups in total. The molecule has 1 saturated heterocycles. The van der Waals surface area contributed by atoms with Gasteiger partial charge in [0.15, 0.2) is 0 Å². The van der Waals surface area contributed by atoms with E-state index in [2.05, 4.69) is 52.3 Å². The molecule has 1 aliphatic rings. The molecule has 0 spiro atoms. The average molecular weight is 378 g/mol. The molecule has 0 aliphatic carbocycles. The van der Waals surface area contributed by atoms with Crippen LogP contribution >= 0.6 is 9.24 Å². The zero-order valence-corrected chi connectivity index (χ0v) is 18.0. The van der Waals surface area contributed by atoms with Crippen LogP contribution in [-0.4, -0.2) is 38.7 Å². The number of nitrogens with zero attached hydrogens (tertiary/aromatic N) is 1. The SMILES string of the molecule is CCCCC(CCP)COc1cccc(C(CC2(C)CCOC2)=NC)c1. The standard InChI is InChI=1S/C22H36NO2P/c1-4-5-7-18(10-13-26)16-25-20-9-6-8-19(14-20)21(23-3)15-22(2)11-12-24-17-22/h6,8-9,14,18H,4-5,7,10-13,15-17,26H2,1-3H3. The lowest BCUT2D eigenvalue weighted by molar-refractivity contribution is 0.162. The van der Waals surface area contributed by atoms with Gasteiger partial charge in [0.25, 0.3) is 0 Å². The fourth-order valence-corrected chi connectivity index (χ4v) is 4.05. The summed E-state index contributed by atoms with van der Waals surface area (Å²) >= 11 is 0. The Morgan fingerprint density at radius 2 is 2.23 bits per heavy atom. The Morgan fingerprint density at radius 1 is 1.38 bits per heavy atom. The first-order valence-electron chi connectivity index (χ1n) is 10.1. The van der Waals surface area contributed by atoms with Gasteiger partial charge in [0.05, 0.1) is 13.2 Å². The van der Waals surface area contributed by atoms with Gasteiger partial charge in [0.2, 0.25) is 0 Å². The number of hydrogen-bond acceptors (Lipinski definition) is 3. The average Bonchev–Trinajstić information content (AvgIpc) is 3.09. The number of benzene rings is 1. The maximum absolute atomic E-state index is 6.16. The largest absolute Gasteiger partial charge is 0.493 e. The van der Waals surface area contributed by atoms with Crippen LogP contribution in [0, 0.1) is 11.3 Å². The molecule has 3 atom stereocenters. The third-order valence-electron chi connectivity index (χ3n) is 5.36. The van der Waals surface area contributed by atoms with E-state index in [1.54, 1.807) is 0 Å². The molecule has 26 heavy (non-hydrogen) atoms. The molecule has 1 aromatic carbocycles. The van der Waals surface area contributed by atoms with Gasteiger partial charge in [-0.25, -0.2) is 0 Å². The van der Waals surface area contributed by atoms with Gasteiger partial charge in [-0.2, -0.15) is 0 Å². The molecule has 3 nitrogen and oxygen atoms in total. The Hall–Kier alpha value is -0.920. The molecule has 1 heterocycles. The molecule has 0 saturated carbocycles. The second kappa shape index (κ2) is 11.0. The fraction of sp³-hybridized carbons (Fsp3) is 0.682. The number of unbranched alkanes of at least 4 members (excludes halogenated alkanes) is 1. The summed E-state index contributed by atoms with van der Waals surface area (Å²) in [5.41, 5.74) is 2.53. The molecule has 146 valence electrons. The Balaban J connectivity index is 1.99. The molecule has 2 rings (SSSR count). The van der Waals surface area contributed by atoms with Crippen molar-refractivity contribution in [3.63, 3.8) is 0 Å². The zero-order chi connectivity index (χ0) is 18.8. The maximum Gasteiger partial charge on any atom is 0.119 e. The molecule has 4 heteroatoms. The quantitative estimate of drug-likeness (QED) is 0.383. The van der Waals surface area contributed by atoms with Crippen LogP contribution in [0.4, 0.5) is 0 Å². The first-order chi connectivity index (χ1) is 12.6. The van der Waals surface area contributed by atoms with E-state index in [4.69, 9.17) is 9.47 Å². The Bertz CT molecular complexity index is 567. The highest BCUT2D eigenvalue weighted by molar-refractivity contribution is 7.16. The van der Waals surface area contributed by atoms with Crippen molar-refractivity contribution in [1.29, 1.82) is 0 Å². The lowest BCUT2D eigenvalue weighted by Gasteiger charge is -2.23. The molecule has 0 bridgehead atoms. The lowest BCUT2D eigenvalue weighted by atomic mass is 9.82. The minimum Gasteiger partial charge on any atom is -0.493 e. The summed E-state index contributed by atoms with van der Waals surface area (Å²) in [5.74, 6) is 1.60. The maximum atomic E-state index is 6.16. The van der Waals surface area contributed by atoms with Gasteiger partial charge >= 0.3 is 0 Å². The van der Waals surface area contributed by atoms with Gasteiger partial charge < -0.3 is 9.47 Å². The molecule has 3 unspecified atom stereocenters. The first kappa shape index (κ1) is 21.4. The predicted molar refractivity (Wildman–Crippen MR) is 115 cm³/mol. The highest BCUT2D eigenvalue weighted by Gasteiger charge is 2.31. The monoisotopic (exact) mass is 377 g/mol. The molecule has 1 fully saturated rings. The van der Waals surface area contributed by atoms with Crippen LogP contribution in [0.25, 0.3) is 0 Å². The molecular weight excluding hydrogens is 341 g/mol. The summed E-state index contributed by atoms with van der Waals surface area (Å²) in [6.07, 6.45) is 8.21. The van der Waals surface area contributed by atoms with Gasteiger partial charge in [0, 0.05) is 19.4 Å². The van der Waals surface area contributed by atoms with Crippen LogP contribution in [0.2, 0.25) is 0 Å². The first-order valence-corrected chi connectivity index (χ1v) is 10.9. The van der Waals surface area contributed by atoms with Gasteiger partial charge in [0.1, 0.15) is 5.75 Å². The van der Waals surface area contributed by atoms with E-state index >= 15 is 0 Å². The summed E-state index contributed by atoms with van der Waals surface area (Å²) in [5, 5.41) is 0. The summed E-state index contributed by atoms with van der Waals surface area (Å²) in [6.45, 7) is 7.06. The second-order valence-electron chi connectivity index (χ2n) is 7.88. The Kier molecular flexibility index (Phi) is 9.08. The molecule has 1 aromatic rings. The molecule has 0 aromatic heterocycles. The highest BCUT2D eigenvalue weighted by Crippen LogP contribution is 2.33. The minimum absolute atomic E-state index is 0.204. The molecule has 0 radical (unpaired) electrons. The third-order valence-corrected chi connectivity index (χ3v) is 5.69. The zero-order valence-electron chi connectivity index (χ0n) is 16.8. The summed E-state index contributed by atoms with van der Waals surface area (Å²) in [4.78, 5) is 4.58. The van der Waals surface area contributed by atoms with Crippen molar-refractivity contribution in [2.75, 3.05) is 33.0 Å². The lowest BCUT2D eigenvalue weighted by Crippen LogP contribution is -2.21. The van der Waals surface area contributed by atoms with Crippen molar-refractivity contribution in [3.8, 4) is 5.75 Å². The van der Waals surface area contributed by atoms with Crippen LogP contribution in [0.3, 0.4) is 0 Å². The molecule has 1 aliphatic heterocycles. The van der Waals surface area contributed by atoms with E-state index in [1.165, 1.54) is 31.2 Å². The Morgan fingerprint density at radius 3 is 2.88 bits per heavy atom. The Labute approximate surface area is 162 Å². The highest BCUT2D eigenvalue weighted by atomic mass is 31.0. The second-order valence-corrected chi connectivity index (χ2v) is 8.46. The number of ether oxygens (including phenoxy) is 2. The van der Waals surface area contributed by atoms with Gasteiger partial charge in [-0.3, -0.25) is 4.99 Å². The van der Waals surface area contributed by atoms with E-state index in [-0.39, 0.29) is 5.41 Å². The summed E-state index contributed by atoms with van der Waals surface area (Å²) < 4.78 is 11.8. The van der Waals surface area contributed by atoms with Crippen LogP contribution < -0.4 is 4.74 Å². The van der Waals surface area contributed by atoms with Gasteiger partial charge in [-0.05, 0) is 60.9 Å². The van der Waals surface area contributed by atoms with Crippen molar-refractivity contribution in [2.45, 2.75) is 52.4 Å². The smallest absolute Gasteiger partial charge is 0.119 e. The van der Waals surface area contributed by atoms with Gasteiger partial charge in [-0.15, -0.1) is 9.24 Å². The summed E-state index contributed by atoms with van der Waals surface area (Å²) in [7, 11) is 4.73. The van der Waals surface area contributed by atoms with Crippen LogP contribution in [0.5, 0.6) is 5.75 Å². The van der Waals surface area contributed by atoms with Crippen molar-refractivity contribution in [2.24, 2.45) is 16.3 Å². The van der Waals surface area contributed by atoms with Crippen LogP contribution in [0.15, 0.2) is 29.3 Å². The molecule has 0 amide bonds. The van der Waals surface area contributed by atoms with E-state index in [1.807, 2.05) is 7.05 Å². The van der Waals surface area contributed by atoms with E-state index in [9.17, 15) is 0 Å². The van der Waals surface area contributed by atoms with E-state index in [0.29, 0.717) is 5.92 Å². The predicted octanol–water partition coefficient (Wildman–Crippen LogP) is 5.37. The third kappa shape index (κ3) is 6.67. The van der Waals surface area contributed by atoms with Crippen molar-refractivity contribution in [1.82, 2.24) is 0 Å². The summed E-state index contributed by atoms with van der Waals surface area (Å²) in [6, 6.07) is 8.44. The minimum atomic E-state index is 0.204. The van der Waals surface area contributed by atoms with Crippen molar-refractivity contribution >= 4 is 15.0 Å². The van der Waals surface area contributed by atoms with Gasteiger partial charge in [-0.1, -0.05) is 38.8 Å². The van der Waals surface area contributed by atoms with E-state index < -0.39 is 0 Å². The van der Waals surface area contributed by atoms with Crippen molar-refractivity contribution < 1.29 is 9.47 Å². The van der Waals surface area contributed by atoms with E-state index in [0.717, 1.165) is 50.3 Å². The normalized spacial score (nSPS) is 21.8.